The molecule has 11 aromatic rings. The van der Waals surface area contributed by atoms with Crippen LogP contribution in [0.2, 0.25) is 0 Å². The monoisotopic (exact) mass is 650 g/mol. The van der Waals surface area contributed by atoms with Crippen molar-refractivity contribution < 1.29 is 4.42 Å². The van der Waals surface area contributed by atoms with Crippen LogP contribution in [-0.4, -0.2) is 9.13 Å². The van der Waals surface area contributed by atoms with Gasteiger partial charge < -0.3 is 13.6 Å². The van der Waals surface area contributed by atoms with Gasteiger partial charge in [-0.25, -0.2) is 0 Å². The summed E-state index contributed by atoms with van der Waals surface area (Å²) in [5.74, 6) is 0. The Bertz CT molecular complexity index is 3070. The third kappa shape index (κ3) is 4.19. The van der Waals surface area contributed by atoms with Gasteiger partial charge in [-0.2, -0.15) is 0 Å². The van der Waals surface area contributed by atoms with Gasteiger partial charge in [0, 0.05) is 43.7 Å². The van der Waals surface area contributed by atoms with Crippen LogP contribution in [0.5, 0.6) is 0 Å². The highest BCUT2D eigenvalue weighted by molar-refractivity contribution is 6.29. The van der Waals surface area contributed by atoms with Crippen molar-refractivity contribution in [3.8, 4) is 33.6 Å². The standard InChI is InChI=1S/C48H30N2O/c1-3-13-31(14-4-1)33-27-34(32-15-5-2-6-16-32)29-36(28-33)50-42-21-11-8-19-39(42)48-44(50)25-24-43-47(48)38-18-7-10-20-41(38)49(43)35-23-26-46-40(30-35)37-17-9-12-22-45(37)51-46/h1-30H. The Hall–Kier alpha value is -6.84. The number of hydrogen-bond acceptors (Lipinski definition) is 1. The fourth-order valence-electron chi connectivity index (χ4n) is 8.26. The van der Waals surface area contributed by atoms with E-state index in [1.54, 1.807) is 0 Å². The average molecular weight is 651 g/mol. The van der Waals surface area contributed by atoms with Crippen LogP contribution >= 0.6 is 0 Å². The maximum atomic E-state index is 6.21. The zero-order valence-corrected chi connectivity index (χ0v) is 27.6. The molecule has 3 nitrogen and oxygen atoms in total. The van der Waals surface area contributed by atoms with Crippen molar-refractivity contribution in [3.05, 3.63) is 182 Å². The Morgan fingerprint density at radius 3 is 1.39 bits per heavy atom. The summed E-state index contributed by atoms with van der Waals surface area (Å²) in [4.78, 5) is 0. The molecular formula is C48H30N2O. The van der Waals surface area contributed by atoms with Crippen molar-refractivity contribution in [1.82, 2.24) is 9.13 Å². The number of para-hydroxylation sites is 3. The summed E-state index contributed by atoms with van der Waals surface area (Å²) in [7, 11) is 0. The first-order valence-corrected chi connectivity index (χ1v) is 17.4. The minimum Gasteiger partial charge on any atom is -0.456 e. The lowest BCUT2D eigenvalue weighted by Crippen LogP contribution is -1.96. The van der Waals surface area contributed by atoms with E-state index in [1.807, 2.05) is 12.1 Å². The molecule has 11 rings (SSSR count). The summed E-state index contributed by atoms with van der Waals surface area (Å²) in [6.45, 7) is 0. The molecule has 3 heterocycles. The summed E-state index contributed by atoms with van der Waals surface area (Å²) in [5, 5.41) is 7.26. The van der Waals surface area contributed by atoms with Crippen LogP contribution in [-0.2, 0) is 0 Å². The largest absolute Gasteiger partial charge is 0.456 e. The van der Waals surface area contributed by atoms with E-state index in [0.717, 1.165) is 33.3 Å². The predicted octanol–water partition coefficient (Wildman–Crippen LogP) is 13.1. The fourth-order valence-corrected chi connectivity index (χ4v) is 8.26. The van der Waals surface area contributed by atoms with Gasteiger partial charge in [-0.15, -0.1) is 0 Å². The zero-order chi connectivity index (χ0) is 33.5. The lowest BCUT2D eigenvalue weighted by Gasteiger charge is -2.14. The van der Waals surface area contributed by atoms with Crippen molar-refractivity contribution in [3.63, 3.8) is 0 Å². The molecule has 0 atom stereocenters. The van der Waals surface area contributed by atoms with E-state index in [0.29, 0.717) is 0 Å². The highest BCUT2D eigenvalue weighted by Crippen LogP contribution is 2.43. The van der Waals surface area contributed by atoms with Gasteiger partial charge in [0.05, 0.1) is 22.1 Å². The molecule has 0 fully saturated rings. The molecule has 0 aliphatic carbocycles. The molecule has 0 spiro atoms. The third-order valence-electron chi connectivity index (χ3n) is 10.5. The molecule has 8 aromatic carbocycles. The van der Waals surface area contributed by atoms with E-state index in [1.165, 1.54) is 65.9 Å². The van der Waals surface area contributed by atoms with Crippen molar-refractivity contribution in [2.45, 2.75) is 0 Å². The van der Waals surface area contributed by atoms with E-state index < -0.39 is 0 Å². The minimum absolute atomic E-state index is 0.902. The number of aromatic nitrogens is 2. The Morgan fingerprint density at radius 2 is 0.784 bits per heavy atom. The average Bonchev–Trinajstić information content (AvgIpc) is 3.85. The summed E-state index contributed by atoms with van der Waals surface area (Å²) in [5.41, 5.74) is 13.6. The minimum atomic E-state index is 0.902. The van der Waals surface area contributed by atoms with Crippen molar-refractivity contribution >= 4 is 65.6 Å². The molecular weight excluding hydrogens is 621 g/mol. The normalized spacial score (nSPS) is 11.9. The van der Waals surface area contributed by atoms with Crippen LogP contribution in [0.3, 0.4) is 0 Å². The molecule has 0 bridgehead atoms. The predicted molar refractivity (Wildman–Crippen MR) is 213 cm³/mol. The second-order valence-corrected chi connectivity index (χ2v) is 13.3. The SMILES string of the molecule is c1ccc(-c2cc(-c3ccccc3)cc(-n3c4ccccc4c4c5c6ccccc6n(-c6ccc7oc8ccccc8c7c6)c5ccc43)c2)cc1. The lowest BCUT2D eigenvalue weighted by atomic mass is 9.98. The van der Waals surface area contributed by atoms with Crippen LogP contribution in [0.4, 0.5) is 0 Å². The second-order valence-electron chi connectivity index (χ2n) is 13.3. The molecule has 0 unspecified atom stereocenters. The summed E-state index contributed by atoms with van der Waals surface area (Å²) in [6.07, 6.45) is 0. The highest BCUT2D eigenvalue weighted by Gasteiger charge is 2.21. The first kappa shape index (κ1) is 28.0. The number of furan rings is 1. The van der Waals surface area contributed by atoms with Crippen molar-refractivity contribution in [2.75, 3.05) is 0 Å². The van der Waals surface area contributed by atoms with Gasteiger partial charge in [-0.1, -0.05) is 115 Å². The maximum Gasteiger partial charge on any atom is 0.135 e. The van der Waals surface area contributed by atoms with E-state index in [4.69, 9.17) is 4.42 Å². The maximum absolute atomic E-state index is 6.21. The Labute approximate surface area is 293 Å². The molecule has 238 valence electrons. The van der Waals surface area contributed by atoms with Gasteiger partial charge in [-0.05, 0) is 89.0 Å². The van der Waals surface area contributed by atoms with E-state index in [2.05, 4.69) is 179 Å². The number of rotatable bonds is 4. The zero-order valence-electron chi connectivity index (χ0n) is 27.6. The van der Waals surface area contributed by atoms with Gasteiger partial charge in [0.15, 0.2) is 0 Å². The fraction of sp³-hybridized carbons (Fsp3) is 0. The summed E-state index contributed by atoms with van der Waals surface area (Å²) < 4.78 is 11.1. The number of hydrogen-bond donors (Lipinski definition) is 0. The van der Waals surface area contributed by atoms with Crippen LogP contribution in [0, 0.1) is 0 Å². The van der Waals surface area contributed by atoms with Gasteiger partial charge in [0.2, 0.25) is 0 Å². The highest BCUT2D eigenvalue weighted by atomic mass is 16.3. The molecule has 3 heteroatoms. The molecule has 0 saturated heterocycles. The van der Waals surface area contributed by atoms with Gasteiger partial charge in [-0.3, -0.25) is 0 Å². The molecule has 51 heavy (non-hydrogen) atoms. The molecule has 0 aliphatic heterocycles. The Kier molecular flexibility index (Phi) is 5.96. The first-order chi connectivity index (χ1) is 25.3. The Balaban J connectivity index is 1.23. The molecule has 3 aromatic heterocycles. The van der Waals surface area contributed by atoms with Crippen molar-refractivity contribution in [1.29, 1.82) is 0 Å². The lowest BCUT2D eigenvalue weighted by molar-refractivity contribution is 0.669. The van der Waals surface area contributed by atoms with Crippen LogP contribution < -0.4 is 0 Å². The third-order valence-corrected chi connectivity index (χ3v) is 10.5. The topological polar surface area (TPSA) is 23.0 Å². The number of benzene rings is 8. The Morgan fingerprint density at radius 1 is 0.294 bits per heavy atom. The molecule has 0 saturated carbocycles. The molecule has 0 aliphatic rings. The van der Waals surface area contributed by atoms with Gasteiger partial charge in [0.25, 0.3) is 0 Å². The van der Waals surface area contributed by atoms with Crippen LogP contribution in [0.1, 0.15) is 0 Å². The van der Waals surface area contributed by atoms with Gasteiger partial charge >= 0.3 is 0 Å². The second kappa shape index (κ2) is 10.8. The van der Waals surface area contributed by atoms with E-state index in [9.17, 15) is 0 Å². The van der Waals surface area contributed by atoms with Crippen LogP contribution in [0.15, 0.2) is 186 Å². The van der Waals surface area contributed by atoms with Crippen LogP contribution in [0.25, 0.3) is 99.2 Å². The van der Waals surface area contributed by atoms with Crippen molar-refractivity contribution in [2.24, 2.45) is 0 Å². The van der Waals surface area contributed by atoms with Gasteiger partial charge in [0.1, 0.15) is 11.2 Å². The summed E-state index contributed by atoms with van der Waals surface area (Å²) in [6, 6.07) is 65.6. The number of nitrogens with zero attached hydrogens (tertiary/aromatic N) is 2. The summed E-state index contributed by atoms with van der Waals surface area (Å²) >= 11 is 0. The molecule has 0 N–H and O–H groups in total. The molecule has 0 amide bonds. The molecule has 0 radical (unpaired) electrons. The first-order valence-electron chi connectivity index (χ1n) is 17.4. The number of fused-ring (bicyclic) bond motifs is 10. The quantitative estimate of drug-likeness (QED) is 0.186. The van der Waals surface area contributed by atoms with E-state index >= 15 is 0 Å². The van der Waals surface area contributed by atoms with E-state index in [-0.39, 0.29) is 0 Å². The smallest absolute Gasteiger partial charge is 0.135 e.